The molecule has 0 aliphatic carbocycles. The number of carbonyl (C=O) groups is 1. The van der Waals surface area contributed by atoms with E-state index in [4.69, 9.17) is 18.0 Å². The average Bonchev–Trinajstić information content (AvgIpc) is 2.18. The molecule has 8 heteroatoms. The molecule has 0 aliphatic heterocycles. The Morgan fingerprint density at radius 2 is 1.87 bits per heavy atom. The molecule has 1 amide bonds. The van der Waals surface area contributed by atoms with E-state index in [1.165, 1.54) is 18.8 Å². The van der Waals surface area contributed by atoms with Gasteiger partial charge in [0.2, 0.25) is 5.91 Å². The number of rotatable bonds is 2. The van der Waals surface area contributed by atoms with Gasteiger partial charge in [-0.1, -0.05) is 0 Å². The predicted molar refractivity (Wildman–Crippen MR) is 54.9 cm³/mol. The molecule has 82 valence electrons. The second kappa shape index (κ2) is 3.81. The summed E-state index contributed by atoms with van der Waals surface area (Å²) in [5.74, 6) is -0.639. The summed E-state index contributed by atoms with van der Waals surface area (Å²) < 4.78 is 3.22. The Balaban J connectivity index is 3.68. The molecule has 1 aromatic rings. The van der Waals surface area contributed by atoms with Gasteiger partial charge in [0.25, 0.3) is 0 Å². The van der Waals surface area contributed by atoms with Gasteiger partial charge < -0.3 is 5.73 Å². The van der Waals surface area contributed by atoms with Gasteiger partial charge >= 0.3 is 11.1 Å². The molecule has 0 bridgehead atoms. The lowest BCUT2D eigenvalue weighted by molar-refractivity contribution is -0.119. The van der Waals surface area contributed by atoms with Gasteiger partial charge in [-0.15, -0.1) is 0 Å². The summed E-state index contributed by atoms with van der Waals surface area (Å²) in [6.45, 7) is -0.237. The van der Waals surface area contributed by atoms with Crippen molar-refractivity contribution in [3.63, 3.8) is 0 Å². The second-order valence-corrected chi connectivity index (χ2v) is 3.36. The lowest BCUT2D eigenvalue weighted by Gasteiger charge is -2.11. The van der Waals surface area contributed by atoms with Crippen molar-refractivity contribution in [3.8, 4) is 0 Å². The number of nitrogens with two attached hydrogens (primary N) is 1. The number of nitrogens with zero attached hydrogens (tertiary/aromatic N) is 3. The Morgan fingerprint density at radius 1 is 1.33 bits per heavy atom. The summed E-state index contributed by atoms with van der Waals surface area (Å²) in [6.07, 6.45) is 0. The first kappa shape index (κ1) is 11.4. The van der Waals surface area contributed by atoms with Gasteiger partial charge in [0.1, 0.15) is 6.54 Å². The van der Waals surface area contributed by atoms with Crippen LogP contribution in [-0.2, 0) is 25.4 Å². The van der Waals surface area contributed by atoms with Crippen molar-refractivity contribution in [1.82, 2.24) is 13.9 Å². The van der Waals surface area contributed by atoms with Gasteiger partial charge in [0.15, 0.2) is 4.77 Å². The molecule has 15 heavy (non-hydrogen) atoms. The predicted octanol–water partition coefficient (Wildman–Crippen LogP) is -1.90. The zero-order valence-electron chi connectivity index (χ0n) is 8.26. The van der Waals surface area contributed by atoms with Crippen LogP contribution in [0.3, 0.4) is 0 Å². The lowest BCUT2D eigenvalue weighted by atomic mass is 10.6. The Labute approximate surface area is 89.3 Å². The number of carbonyl (C=O) groups excluding carboxylic acids is 1. The van der Waals surface area contributed by atoms with Crippen molar-refractivity contribution in [2.75, 3.05) is 0 Å². The van der Waals surface area contributed by atoms with E-state index in [2.05, 4.69) is 0 Å². The van der Waals surface area contributed by atoms with Crippen LogP contribution < -0.4 is 16.9 Å². The minimum absolute atomic E-state index is 0.0703. The fourth-order valence-electron chi connectivity index (χ4n) is 1.10. The zero-order valence-corrected chi connectivity index (χ0v) is 9.08. The van der Waals surface area contributed by atoms with Crippen LogP contribution >= 0.6 is 12.2 Å². The number of primary amides is 1. The molecule has 0 saturated heterocycles. The van der Waals surface area contributed by atoms with Crippen molar-refractivity contribution >= 4 is 18.1 Å². The normalized spacial score (nSPS) is 10.3. The molecule has 1 heterocycles. The number of amides is 1. The molecule has 0 radical (unpaired) electrons. The molecular formula is C7H10N4O3S. The smallest absolute Gasteiger partial charge is 0.330 e. The van der Waals surface area contributed by atoms with Crippen LogP contribution in [0.5, 0.6) is 0 Å². The summed E-state index contributed by atoms with van der Waals surface area (Å²) in [6, 6.07) is 0. The number of hydrogen-bond donors (Lipinski definition) is 1. The van der Waals surface area contributed by atoms with Gasteiger partial charge in [0.05, 0.1) is 0 Å². The van der Waals surface area contributed by atoms with Crippen LogP contribution in [0.25, 0.3) is 0 Å². The van der Waals surface area contributed by atoms with Gasteiger partial charge in [-0.3, -0.25) is 19.0 Å². The van der Waals surface area contributed by atoms with Crippen molar-refractivity contribution in [2.45, 2.75) is 6.54 Å². The average molecular weight is 230 g/mol. The highest BCUT2D eigenvalue weighted by Crippen LogP contribution is 1.85. The topological polar surface area (TPSA) is 92.0 Å². The molecule has 7 nitrogen and oxygen atoms in total. The van der Waals surface area contributed by atoms with Gasteiger partial charge in [-0.25, -0.2) is 9.36 Å². The van der Waals surface area contributed by atoms with E-state index < -0.39 is 17.0 Å². The summed E-state index contributed by atoms with van der Waals surface area (Å²) in [5.41, 5.74) is 3.50. The molecule has 0 atom stereocenters. The van der Waals surface area contributed by atoms with Crippen molar-refractivity contribution in [1.29, 1.82) is 0 Å². The van der Waals surface area contributed by atoms with E-state index in [1.54, 1.807) is 0 Å². The molecule has 2 N–H and O–H groups in total. The number of hydrogen-bond acceptors (Lipinski definition) is 4. The molecule has 0 fully saturated rings. The minimum atomic E-state index is -0.757. The zero-order chi connectivity index (χ0) is 11.7. The Bertz CT molecular complexity index is 579. The lowest BCUT2D eigenvalue weighted by Crippen LogP contribution is -2.45. The van der Waals surface area contributed by atoms with E-state index in [9.17, 15) is 14.4 Å². The molecule has 0 aromatic carbocycles. The fraction of sp³-hybridized carbons (Fsp3) is 0.429. The first-order valence-corrected chi connectivity index (χ1v) is 4.42. The standard InChI is InChI=1S/C7H10N4O3S/c1-9-5(13)6(14)10(2)11(7(9)15)3-4(8)12/h3H2,1-2H3,(H2,8,12). The highest BCUT2D eigenvalue weighted by molar-refractivity contribution is 7.71. The summed E-state index contributed by atoms with van der Waals surface area (Å²) in [7, 11) is 2.71. The maximum absolute atomic E-state index is 11.4. The SMILES string of the molecule is Cn1c(=O)c(=O)n(C)n(CC(N)=O)c1=S. The van der Waals surface area contributed by atoms with Crippen LogP contribution in [0, 0.1) is 4.77 Å². The second-order valence-electron chi connectivity index (χ2n) is 3.00. The third kappa shape index (κ3) is 1.89. The Morgan fingerprint density at radius 3 is 2.33 bits per heavy atom. The fourth-order valence-corrected chi connectivity index (χ4v) is 1.37. The molecule has 0 aliphatic rings. The van der Waals surface area contributed by atoms with Gasteiger partial charge in [-0.05, 0) is 12.2 Å². The first-order chi connectivity index (χ1) is 6.86. The molecular weight excluding hydrogens is 220 g/mol. The maximum atomic E-state index is 11.4. The van der Waals surface area contributed by atoms with E-state index >= 15 is 0 Å². The van der Waals surface area contributed by atoms with Crippen LogP contribution in [0.4, 0.5) is 0 Å². The van der Waals surface area contributed by atoms with Gasteiger partial charge in [-0.2, -0.15) is 0 Å². The van der Waals surface area contributed by atoms with Crippen molar-refractivity contribution in [3.05, 3.63) is 25.5 Å². The van der Waals surface area contributed by atoms with Crippen molar-refractivity contribution < 1.29 is 4.79 Å². The van der Waals surface area contributed by atoms with Gasteiger partial charge in [0, 0.05) is 14.1 Å². The van der Waals surface area contributed by atoms with Crippen LogP contribution in [0.2, 0.25) is 0 Å². The minimum Gasteiger partial charge on any atom is -0.368 e. The quantitative estimate of drug-likeness (QED) is 0.474. The molecule has 1 aromatic heterocycles. The van der Waals surface area contributed by atoms with Crippen LogP contribution in [-0.4, -0.2) is 19.8 Å². The van der Waals surface area contributed by atoms with E-state index in [1.807, 2.05) is 0 Å². The third-order valence-electron chi connectivity index (χ3n) is 1.96. The molecule has 0 spiro atoms. The molecule has 0 saturated carbocycles. The maximum Gasteiger partial charge on any atom is 0.330 e. The third-order valence-corrected chi connectivity index (χ3v) is 2.44. The largest absolute Gasteiger partial charge is 0.368 e. The molecule has 0 unspecified atom stereocenters. The first-order valence-electron chi connectivity index (χ1n) is 4.01. The van der Waals surface area contributed by atoms with Crippen LogP contribution in [0.15, 0.2) is 9.59 Å². The van der Waals surface area contributed by atoms with Crippen molar-refractivity contribution in [2.24, 2.45) is 19.8 Å². The Kier molecular flexibility index (Phi) is 2.89. The molecule has 1 rings (SSSR count). The van der Waals surface area contributed by atoms with E-state index in [0.29, 0.717) is 0 Å². The Hall–Kier alpha value is -1.70. The monoisotopic (exact) mass is 230 g/mol. The highest BCUT2D eigenvalue weighted by Gasteiger charge is 2.08. The van der Waals surface area contributed by atoms with Crippen LogP contribution in [0.1, 0.15) is 0 Å². The van der Waals surface area contributed by atoms with E-state index in [-0.39, 0.29) is 11.3 Å². The summed E-state index contributed by atoms with van der Waals surface area (Å²) in [4.78, 5) is 33.4. The summed E-state index contributed by atoms with van der Waals surface area (Å²) >= 11 is 4.90. The highest BCUT2D eigenvalue weighted by atomic mass is 32.1. The van der Waals surface area contributed by atoms with E-state index in [0.717, 1.165) is 9.25 Å². The number of aromatic nitrogens is 3. The summed E-state index contributed by atoms with van der Waals surface area (Å²) in [5, 5.41) is 0.